The minimum atomic E-state index is -0.445. The number of aryl methyl sites for hydroxylation is 1. The van der Waals surface area contributed by atoms with E-state index >= 15 is 0 Å². The number of rotatable bonds is 4. The third kappa shape index (κ3) is 2.93. The predicted octanol–water partition coefficient (Wildman–Crippen LogP) is 2.86. The van der Waals surface area contributed by atoms with Gasteiger partial charge in [-0.15, -0.1) is 0 Å². The molecule has 0 radical (unpaired) electrons. The summed E-state index contributed by atoms with van der Waals surface area (Å²) < 4.78 is 29.0. The van der Waals surface area contributed by atoms with Crippen molar-refractivity contribution in [2.75, 3.05) is 21.3 Å². The molecule has 0 aromatic heterocycles. The minimum Gasteiger partial charge on any atom is -0.496 e. The average Bonchev–Trinajstić information content (AvgIpc) is 2.98. The van der Waals surface area contributed by atoms with Gasteiger partial charge in [-0.2, -0.15) is 0 Å². The van der Waals surface area contributed by atoms with Gasteiger partial charge in [-0.3, -0.25) is 0 Å². The van der Waals surface area contributed by atoms with Crippen LogP contribution in [0.3, 0.4) is 0 Å². The number of hydrogen-bond donors (Lipinski definition) is 0. The molecule has 128 valence electrons. The van der Waals surface area contributed by atoms with Crippen LogP contribution in [-0.2, 0) is 20.6 Å². The molecule has 0 spiro atoms. The fraction of sp³-hybridized carbons (Fsp3) is 0.667. The van der Waals surface area contributed by atoms with Gasteiger partial charge in [0.05, 0.1) is 13.2 Å². The summed E-state index contributed by atoms with van der Waals surface area (Å²) in [5.41, 5.74) is 1.81. The standard InChI is InChI=1S/C18H26O5/c1-11-8-13(19-3)12-6-7-18(2,23-14(12)9-11)17-15(20-4)10-16(21-5)22-17/h8-9,15-17H,6-7,10H2,1-5H3/t15-,16+,17+,18-/m1/s1. The normalized spacial score (nSPS) is 33.2. The topological polar surface area (TPSA) is 46.2 Å². The van der Waals surface area contributed by atoms with Gasteiger partial charge in [0.1, 0.15) is 23.2 Å². The Hall–Kier alpha value is -1.30. The minimum absolute atomic E-state index is 0.0294. The van der Waals surface area contributed by atoms with Crippen LogP contribution in [0.1, 0.15) is 30.9 Å². The summed E-state index contributed by atoms with van der Waals surface area (Å²) in [5.74, 6) is 1.78. The highest BCUT2D eigenvalue weighted by Crippen LogP contribution is 2.44. The molecule has 0 N–H and O–H groups in total. The second kappa shape index (κ2) is 6.30. The number of fused-ring (bicyclic) bond motifs is 1. The van der Waals surface area contributed by atoms with E-state index in [0.717, 1.165) is 41.9 Å². The molecule has 0 bridgehead atoms. The van der Waals surface area contributed by atoms with Gasteiger partial charge in [-0.05, 0) is 44.4 Å². The maximum Gasteiger partial charge on any atom is 0.160 e. The van der Waals surface area contributed by atoms with Gasteiger partial charge in [-0.25, -0.2) is 0 Å². The van der Waals surface area contributed by atoms with Crippen molar-refractivity contribution in [2.45, 2.75) is 57.2 Å². The van der Waals surface area contributed by atoms with Gasteiger partial charge in [0.15, 0.2) is 6.29 Å². The Labute approximate surface area is 137 Å². The second-order valence-corrected chi connectivity index (χ2v) is 6.59. The predicted molar refractivity (Wildman–Crippen MR) is 86.2 cm³/mol. The van der Waals surface area contributed by atoms with Crippen LogP contribution in [0.4, 0.5) is 0 Å². The van der Waals surface area contributed by atoms with Gasteiger partial charge in [0.25, 0.3) is 0 Å². The fourth-order valence-corrected chi connectivity index (χ4v) is 3.67. The first-order valence-electron chi connectivity index (χ1n) is 8.08. The molecule has 23 heavy (non-hydrogen) atoms. The molecule has 2 heterocycles. The lowest BCUT2D eigenvalue weighted by Gasteiger charge is -2.41. The molecule has 0 amide bonds. The Morgan fingerprint density at radius 2 is 1.96 bits per heavy atom. The summed E-state index contributed by atoms with van der Waals surface area (Å²) in [6.07, 6.45) is 2.04. The zero-order valence-electron chi connectivity index (χ0n) is 14.5. The Morgan fingerprint density at radius 1 is 1.17 bits per heavy atom. The van der Waals surface area contributed by atoms with Gasteiger partial charge in [0.2, 0.25) is 0 Å². The molecule has 0 aliphatic carbocycles. The van der Waals surface area contributed by atoms with Crippen LogP contribution in [0.25, 0.3) is 0 Å². The van der Waals surface area contributed by atoms with Crippen LogP contribution in [0.2, 0.25) is 0 Å². The summed E-state index contributed by atoms with van der Waals surface area (Å²) in [7, 11) is 5.08. The van der Waals surface area contributed by atoms with Crippen molar-refractivity contribution in [3.63, 3.8) is 0 Å². The molecular weight excluding hydrogens is 296 g/mol. The Kier molecular flexibility index (Phi) is 4.54. The highest BCUT2D eigenvalue weighted by Gasteiger charge is 2.50. The average molecular weight is 322 g/mol. The molecule has 5 heteroatoms. The van der Waals surface area contributed by atoms with Crippen molar-refractivity contribution in [2.24, 2.45) is 0 Å². The Bertz CT molecular complexity index is 573. The summed E-state index contributed by atoms with van der Waals surface area (Å²) in [6.45, 7) is 4.14. The van der Waals surface area contributed by atoms with Gasteiger partial charge in [0, 0.05) is 26.2 Å². The molecule has 0 saturated carbocycles. The highest BCUT2D eigenvalue weighted by atomic mass is 16.7. The van der Waals surface area contributed by atoms with E-state index < -0.39 is 5.60 Å². The third-order valence-electron chi connectivity index (χ3n) is 4.98. The molecule has 2 aliphatic heterocycles. The lowest BCUT2D eigenvalue weighted by atomic mass is 9.85. The monoisotopic (exact) mass is 322 g/mol. The largest absolute Gasteiger partial charge is 0.496 e. The van der Waals surface area contributed by atoms with E-state index in [1.807, 2.05) is 6.92 Å². The molecule has 5 nitrogen and oxygen atoms in total. The summed E-state index contributed by atoms with van der Waals surface area (Å²) in [4.78, 5) is 0. The van der Waals surface area contributed by atoms with E-state index in [2.05, 4.69) is 19.1 Å². The first-order valence-corrected chi connectivity index (χ1v) is 8.08. The molecule has 2 aliphatic rings. The lowest BCUT2D eigenvalue weighted by molar-refractivity contribution is -0.171. The number of methoxy groups -OCH3 is 3. The summed E-state index contributed by atoms with van der Waals surface area (Å²) in [6, 6.07) is 4.12. The van der Waals surface area contributed by atoms with E-state index in [1.165, 1.54) is 0 Å². The van der Waals surface area contributed by atoms with Crippen LogP contribution < -0.4 is 9.47 Å². The van der Waals surface area contributed by atoms with E-state index in [-0.39, 0.29) is 18.5 Å². The molecule has 1 aromatic rings. The highest BCUT2D eigenvalue weighted by molar-refractivity contribution is 5.49. The van der Waals surface area contributed by atoms with E-state index in [4.69, 9.17) is 23.7 Å². The summed E-state index contributed by atoms with van der Waals surface area (Å²) in [5, 5.41) is 0. The molecule has 3 rings (SSSR count). The molecular formula is C18H26O5. The van der Waals surface area contributed by atoms with Gasteiger partial charge in [-0.1, -0.05) is 0 Å². The van der Waals surface area contributed by atoms with Crippen LogP contribution in [0.15, 0.2) is 12.1 Å². The van der Waals surface area contributed by atoms with Gasteiger partial charge < -0.3 is 23.7 Å². The lowest BCUT2D eigenvalue weighted by Crippen LogP contribution is -2.52. The van der Waals surface area contributed by atoms with E-state index in [9.17, 15) is 0 Å². The van der Waals surface area contributed by atoms with E-state index in [0.29, 0.717) is 0 Å². The van der Waals surface area contributed by atoms with Crippen LogP contribution in [-0.4, -0.2) is 45.4 Å². The SMILES string of the molecule is COc1cc(C)cc2c1CC[C@](C)([C@H]1O[C@H](OC)C[C@H]1OC)O2. The number of ether oxygens (including phenoxy) is 5. The molecule has 4 atom stereocenters. The smallest absolute Gasteiger partial charge is 0.160 e. The molecule has 1 saturated heterocycles. The number of hydrogen-bond acceptors (Lipinski definition) is 5. The van der Waals surface area contributed by atoms with Crippen LogP contribution in [0.5, 0.6) is 11.5 Å². The zero-order valence-corrected chi connectivity index (χ0v) is 14.5. The zero-order chi connectivity index (χ0) is 16.6. The van der Waals surface area contributed by atoms with Crippen LogP contribution in [0, 0.1) is 6.92 Å². The van der Waals surface area contributed by atoms with Crippen molar-refractivity contribution in [1.29, 1.82) is 0 Å². The Balaban J connectivity index is 1.89. The van der Waals surface area contributed by atoms with Crippen molar-refractivity contribution in [1.82, 2.24) is 0 Å². The molecule has 1 fully saturated rings. The maximum atomic E-state index is 6.41. The maximum absolute atomic E-state index is 6.41. The van der Waals surface area contributed by atoms with Crippen molar-refractivity contribution in [3.05, 3.63) is 23.3 Å². The second-order valence-electron chi connectivity index (χ2n) is 6.59. The third-order valence-corrected chi connectivity index (χ3v) is 4.98. The Morgan fingerprint density at radius 3 is 2.61 bits per heavy atom. The van der Waals surface area contributed by atoms with Crippen molar-refractivity contribution < 1.29 is 23.7 Å². The van der Waals surface area contributed by atoms with E-state index in [1.54, 1.807) is 21.3 Å². The van der Waals surface area contributed by atoms with Crippen LogP contribution >= 0.6 is 0 Å². The quantitative estimate of drug-likeness (QED) is 0.853. The molecule has 0 unspecified atom stereocenters. The first kappa shape index (κ1) is 16.6. The summed E-state index contributed by atoms with van der Waals surface area (Å²) >= 11 is 0. The first-order chi connectivity index (χ1) is 11.0. The molecule has 1 aromatic carbocycles. The van der Waals surface area contributed by atoms with Crippen molar-refractivity contribution >= 4 is 0 Å². The fourth-order valence-electron chi connectivity index (χ4n) is 3.67. The number of benzene rings is 1. The van der Waals surface area contributed by atoms with Crippen molar-refractivity contribution in [3.8, 4) is 11.5 Å². The van der Waals surface area contributed by atoms with Gasteiger partial charge >= 0.3 is 0 Å².